The fourth-order valence-corrected chi connectivity index (χ4v) is 3.16. The van der Waals surface area contributed by atoms with Crippen LogP contribution in [0.5, 0.6) is 5.75 Å². The van der Waals surface area contributed by atoms with E-state index in [1.807, 2.05) is 0 Å². The second-order valence-electron chi connectivity index (χ2n) is 4.62. The molecule has 0 aliphatic heterocycles. The SMILES string of the molecule is CC#CCOc1ccc([S+]([O-])[C@@H](C(=O)NO)C(C)C)cc1. The van der Waals surface area contributed by atoms with Crippen molar-refractivity contribution in [1.82, 2.24) is 5.48 Å². The van der Waals surface area contributed by atoms with Crippen LogP contribution in [0.25, 0.3) is 0 Å². The summed E-state index contributed by atoms with van der Waals surface area (Å²) in [4.78, 5) is 12.1. The van der Waals surface area contributed by atoms with Crippen molar-refractivity contribution in [3.63, 3.8) is 0 Å². The Hall–Kier alpha value is -1.68. The van der Waals surface area contributed by atoms with Gasteiger partial charge in [-0.05, 0) is 42.4 Å². The van der Waals surface area contributed by atoms with Crippen molar-refractivity contribution in [2.45, 2.75) is 30.9 Å². The van der Waals surface area contributed by atoms with Gasteiger partial charge in [-0.25, -0.2) is 5.48 Å². The standard InChI is InChI=1S/C15H19NO4S/c1-4-5-10-20-12-6-8-13(9-7-12)21(19)14(11(2)3)15(17)16-18/h6-9,11,14,18H,10H2,1-3H3,(H,16,17)/t14-,21?/m1/s1. The van der Waals surface area contributed by atoms with Crippen LogP contribution in [0.2, 0.25) is 0 Å². The Morgan fingerprint density at radius 3 is 2.52 bits per heavy atom. The zero-order chi connectivity index (χ0) is 15.8. The first-order chi connectivity index (χ1) is 10.0. The van der Waals surface area contributed by atoms with Crippen molar-refractivity contribution in [2.75, 3.05) is 6.61 Å². The van der Waals surface area contributed by atoms with Crippen LogP contribution >= 0.6 is 0 Å². The normalized spacial score (nSPS) is 13.0. The minimum absolute atomic E-state index is 0.172. The first kappa shape index (κ1) is 17.4. The molecule has 2 atom stereocenters. The topological polar surface area (TPSA) is 81.6 Å². The average molecular weight is 309 g/mol. The van der Waals surface area contributed by atoms with Gasteiger partial charge >= 0.3 is 0 Å². The summed E-state index contributed by atoms with van der Waals surface area (Å²) in [7, 11) is 0. The Bertz CT molecular complexity index is 519. The lowest BCUT2D eigenvalue weighted by Gasteiger charge is -2.22. The molecule has 5 nitrogen and oxygen atoms in total. The zero-order valence-corrected chi connectivity index (χ0v) is 13.1. The Morgan fingerprint density at radius 1 is 1.43 bits per heavy atom. The van der Waals surface area contributed by atoms with Gasteiger partial charge in [0.15, 0.2) is 4.90 Å². The molecule has 0 aliphatic rings. The highest BCUT2D eigenvalue weighted by atomic mass is 32.2. The molecule has 0 radical (unpaired) electrons. The Morgan fingerprint density at radius 2 is 2.05 bits per heavy atom. The molecular weight excluding hydrogens is 290 g/mol. The quantitative estimate of drug-likeness (QED) is 0.363. The highest BCUT2D eigenvalue weighted by molar-refractivity contribution is 7.92. The Balaban J connectivity index is 2.83. The molecule has 0 spiro atoms. The molecule has 0 saturated carbocycles. The van der Waals surface area contributed by atoms with Gasteiger partial charge < -0.3 is 9.29 Å². The molecule has 114 valence electrons. The molecule has 0 bridgehead atoms. The second kappa shape index (κ2) is 8.57. The lowest BCUT2D eigenvalue weighted by atomic mass is 10.1. The molecule has 1 unspecified atom stereocenters. The van der Waals surface area contributed by atoms with Crippen molar-refractivity contribution in [2.24, 2.45) is 5.92 Å². The summed E-state index contributed by atoms with van der Waals surface area (Å²) in [6, 6.07) is 6.65. The fraction of sp³-hybridized carbons (Fsp3) is 0.400. The average Bonchev–Trinajstić information content (AvgIpc) is 2.47. The van der Waals surface area contributed by atoms with E-state index in [0.717, 1.165) is 0 Å². The van der Waals surface area contributed by atoms with Gasteiger partial charge in [-0.15, -0.1) is 5.92 Å². The van der Waals surface area contributed by atoms with Gasteiger partial charge in [-0.3, -0.25) is 10.0 Å². The molecule has 0 aromatic heterocycles. The van der Waals surface area contributed by atoms with E-state index in [1.165, 1.54) is 0 Å². The molecule has 1 aromatic rings. The number of carbonyl (C=O) groups excluding carboxylic acids is 1. The van der Waals surface area contributed by atoms with Gasteiger partial charge in [0.05, 0.1) is 0 Å². The largest absolute Gasteiger partial charge is 0.611 e. The van der Waals surface area contributed by atoms with Crippen LogP contribution in [-0.2, 0) is 16.0 Å². The molecule has 21 heavy (non-hydrogen) atoms. The third-order valence-electron chi connectivity index (χ3n) is 2.75. The maximum Gasteiger partial charge on any atom is 0.297 e. The van der Waals surface area contributed by atoms with Crippen molar-refractivity contribution < 1.29 is 19.3 Å². The third-order valence-corrected chi connectivity index (χ3v) is 4.71. The molecule has 0 saturated heterocycles. The fourth-order valence-electron chi connectivity index (χ4n) is 1.72. The lowest BCUT2D eigenvalue weighted by molar-refractivity contribution is -0.129. The molecule has 0 aliphatic carbocycles. The van der Waals surface area contributed by atoms with E-state index in [0.29, 0.717) is 17.3 Å². The maximum absolute atomic E-state index is 12.4. The predicted molar refractivity (Wildman–Crippen MR) is 80.4 cm³/mol. The van der Waals surface area contributed by atoms with E-state index in [-0.39, 0.29) is 5.92 Å². The number of nitrogens with one attached hydrogen (secondary N) is 1. The number of rotatable bonds is 6. The maximum atomic E-state index is 12.4. The second-order valence-corrected chi connectivity index (χ2v) is 6.20. The highest BCUT2D eigenvalue weighted by Gasteiger charge is 2.35. The summed E-state index contributed by atoms with van der Waals surface area (Å²) >= 11 is -1.55. The van der Waals surface area contributed by atoms with Crippen molar-refractivity contribution in [3.8, 4) is 17.6 Å². The van der Waals surface area contributed by atoms with Crippen LogP contribution in [0.15, 0.2) is 29.2 Å². The van der Waals surface area contributed by atoms with Gasteiger partial charge in [0.2, 0.25) is 5.25 Å². The minimum atomic E-state index is -1.55. The molecule has 2 N–H and O–H groups in total. The zero-order valence-electron chi connectivity index (χ0n) is 12.3. The Labute approximate surface area is 127 Å². The summed E-state index contributed by atoms with van der Waals surface area (Å²) in [6.45, 7) is 5.58. The molecule has 0 heterocycles. The van der Waals surface area contributed by atoms with Crippen molar-refractivity contribution in [3.05, 3.63) is 24.3 Å². The lowest BCUT2D eigenvalue weighted by Crippen LogP contribution is -2.41. The van der Waals surface area contributed by atoms with Crippen LogP contribution in [0.3, 0.4) is 0 Å². The number of hydroxylamine groups is 1. The molecule has 1 rings (SSSR count). The smallest absolute Gasteiger partial charge is 0.297 e. The van der Waals surface area contributed by atoms with Crippen LogP contribution in [-0.4, -0.2) is 27.5 Å². The van der Waals surface area contributed by atoms with Gasteiger partial charge in [-0.1, -0.05) is 19.8 Å². The van der Waals surface area contributed by atoms with E-state index in [4.69, 9.17) is 9.94 Å². The monoisotopic (exact) mass is 309 g/mol. The summed E-state index contributed by atoms with van der Waals surface area (Å²) in [5.41, 5.74) is 1.57. The highest BCUT2D eigenvalue weighted by Crippen LogP contribution is 2.24. The molecule has 0 fully saturated rings. The number of hydrogen-bond donors (Lipinski definition) is 2. The first-order valence-electron chi connectivity index (χ1n) is 6.48. The van der Waals surface area contributed by atoms with Gasteiger partial charge in [-0.2, -0.15) is 0 Å². The van der Waals surface area contributed by atoms with Crippen LogP contribution in [0, 0.1) is 17.8 Å². The minimum Gasteiger partial charge on any atom is -0.611 e. The molecule has 1 aromatic carbocycles. The van der Waals surface area contributed by atoms with Crippen LogP contribution in [0.4, 0.5) is 0 Å². The van der Waals surface area contributed by atoms with E-state index in [2.05, 4.69) is 11.8 Å². The van der Waals surface area contributed by atoms with Crippen molar-refractivity contribution >= 4 is 17.1 Å². The number of ether oxygens (including phenoxy) is 1. The van der Waals surface area contributed by atoms with Crippen molar-refractivity contribution in [1.29, 1.82) is 0 Å². The predicted octanol–water partition coefficient (Wildman–Crippen LogP) is 1.73. The van der Waals surface area contributed by atoms with E-state index >= 15 is 0 Å². The Kier molecular flexibility index (Phi) is 7.09. The number of amides is 1. The van der Waals surface area contributed by atoms with Gasteiger partial charge in [0.25, 0.3) is 5.91 Å². The van der Waals surface area contributed by atoms with E-state index < -0.39 is 22.3 Å². The molecule has 6 heteroatoms. The summed E-state index contributed by atoms with van der Waals surface area (Å²) < 4.78 is 17.8. The number of hydrogen-bond acceptors (Lipinski definition) is 4. The van der Waals surface area contributed by atoms with Crippen LogP contribution in [0.1, 0.15) is 20.8 Å². The van der Waals surface area contributed by atoms with Gasteiger partial charge in [0, 0.05) is 5.92 Å². The third kappa shape index (κ3) is 4.97. The van der Waals surface area contributed by atoms with E-state index in [9.17, 15) is 9.35 Å². The summed E-state index contributed by atoms with van der Waals surface area (Å²) in [5.74, 6) is 5.29. The van der Waals surface area contributed by atoms with Crippen LogP contribution < -0.4 is 10.2 Å². The number of benzene rings is 1. The van der Waals surface area contributed by atoms with E-state index in [1.54, 1.807) is 50.5 Å². The molecule has 1 amide bonds. The summed E-state index contributed by atoms with van der Waals surface area (Å²) in [5, 5.41) is 7.94. The first-order valence-corrected chi connectivity index (χ1v) is 7.69. The van der Waals surface area contributed by atoms with Gasteiger partial charge in [0.1, 0.15) is 12.4 Å². The molecular formula is C15H19NO4S. The number of carbonyl (C=O) groups is 1. The summed E-state index contributed by atoms with van der Waals surface area (Å²) in [6.07, 6.45) is 0.